The van der Waals surface area contributed by atoms with E-state index in [0.29, 0.717) is 36.9 Å². The van der Waals surface area contributed by atoms with E-state index in [1.54, 1.807) is 19.2 Å². The van der Waals surface area contributed by atoms with E-state index in [-0.39, 0.29) is 5.91 Å². The Hall–Kier alpha value is -1.96. The molecule has 0 aliphatic carbocycles. The summed E-state index contributed by atoms with van der Waals surface area (Å²) in [5.74, 6) is 0.964. The Kier molecular flexibility index (Phi) is 7.67. The van der Waals surface area contributed by atoms with Crippen molar-refractivity contribution < 1.29 is 14.3 Å². The van der Waals surface area contributed by atoms with Gasteiger partial charge in [-0.15, -0.1) is 0 Å². The first kappa shape index (κ1) is 18.4. The van der Waals surface area contributed by atoms with Crippen molar-refractivity contribution in [3.05, 3.63) is 52.6 Å². The van der Waals surface area contributed by atoms with E-state index in [0.717, 1.165) is 11.0 Å². The third-order valence-electron chi connectivity index (χ3n) is 3.10. The monoisotopic (exact) mass is 393 g/mol. The normalized spacial score (nSPS) is 10.4. The maximum Gasteiger partial charge on any atom is 0.252 e. The van der Waals surface area contributed by atoms with Crippen LogP contribution in [-0.2, 0) is 4.74 Å². The van der Waals surface area contributed by atoms with Crippen LogP contribution in [0.25, 0.3) is 0 Å². The van der Waals surface area contributed by atoms with Crippen LogP contribution in [0.2, 0.25) is 0 Å². The molecule has 0 fully saturated rings. The highest BCUT2D eigenvalue weighted by Crippen LogP contribution is 2.21. The minimum atomic E-state index is -0.161. The molecular weight excluding hydrogens is 374 g/mol. The molecule has 2 N–H and O–H groups in total. The second-order valence-electron chi connectivity index (χ2n) is 4.94. The summed E-state index contributed by atoms with van der Waals surface area (Å²) in [6.07, 6.45) is 1.50. The molecule has 2 aromatic rings. The lowest BCUT2D eigenvalue weighted by atomic mass is 10.2. The zero-order valence-corrected chi connectivity index (χ0v) is 15.0. The molecule has 1 aromatic heterocycles. The van der Waals surface area contributed by atoms with Gasteiger partial charge in [0.15, 0.2) is 0 Å². The molecule has 0 spiro atoms. The molecule has 0 radical (unpaired) electrons. The number of rotatable bonds is 9. The van der Waals surface area contributed by atoms with Gasteiger partial charge >= 0.3 is 0 Å². The lowest BCUT2D eigenvalue weighted by molar-refractivity contribution is 0.0953. The minimum Gasteiger partial charge on any atom is -0.439 e. The standard InChI is InChI=1S/C17H20BrN3O3/c1-23-11-10-19-8-9-20-17(22)13-2-7-16(21-12-13)24-15-5-3-14(18)4-6-15/h2-7,12,19H,8-11H2,1H3,(H,20,22). The van der Waals surface area contributed by atoms with Crippen molar-refractivity contribution in [1.29, 1.82) is 0 Å². The van der Waals surface area contributed by atoms with Gasteiger partial charge in [-0.3, -0.25) is 4.79 Å². The molecule has 1 amide bonds. The zero-order chi connectivity index (χ0) is 17.2. The molecule has 0 bridgehead atoms. The van der Waals surface area contributed by atoms with Crippen LogP contribution in [0.4, 0.5) is 0 Å². The van der Waals surface area contributed by atoms with E-state index in [1.165, 1.54) is 6.20 Å². The number of hydrogen-bond acceptors (Lipinski definition) is 5. The number of carbonyl (C=O) groups excluding carboxylic acids is 1. The molecule has 1 heterocycles. The summed E-state index contributed by atoms with van der Waals surface area (Å²) in [5, 5.41) is 5.98. The average Bonchev–Trinajstić information content (AvgIpc) is 2.60. The van der Waals surface area contributed by atoms with Crippen molar-refractivity contribution in [2.45, 2.75) is 0 Å². The predicted octanol–water partition coefficient (Wildman–Crippen LogP) is 2.60. The average molecular weight is 394 g/mol. The highest BCUT2D eigenvalue weighted by molar-refractivity contribution is 9.10. The molecule has 0 atom stereocenters. The number of benzene rings is 1. The van der Waals surface area contributed by atoms with Gasteiger partial charge in [0.25, 0.3) is 5.91 Å². The van der Waals surface area contributed by atoms with Crippen molar-refractivity contribution in [2.24, 2.45) is 0 Å². The van der Waals surface area contributed by atoms with Gasteiger partial charge in [0, 0.05) is 43.5 Å². The summed E-state index contributed by atoms with van der Waals surface area (Å²) in [6.45, 7) is 2.64. The van der Waals surface area contributed by atoms with Crippen LogP contribution in [0.15, 0.2) is 47.1 Å². The summed E-state index contributed by atoms with van der Waals surface area (Å²) >= 11 is 3.37. The fourth-order valence-electron chi connectivity index (χ4n) is 1.86. The van der Waals surface area contributed by atoms with Gasteiger partial charge in [-0.1, -0.05) is 15.9 Å². The largest absolute Gasteiger partial charge is 0.439 e. The highest BCUT2D eigenvalue weighted by Gasteiger charge is 2.06. The van der Waals surface area contributed by atoms with Gasteiger partial charge in [-0.2, -0.15) is 0 Å². The SMILES string of the molecule is COCCNCCNC(=O)c1ccc(Oc2ccc(Br)cc2)nc1. The van der Waals surface area contributed by atoms with Gasteiger partial charge < -0.3 is 20.1 Å². The number of halogens is 1. The maximum atomic E-state index is 12.0. The third-order valence-corrected chi connectivity index (χ3v) is 3.63. The van der Waals surface area contributed by atoms with Gasteiger partial charge in [-0.25, -0.2) is 4.98 Å². The van der Waals surface area contributed by atoms with E-state index in [4.69, 9.17) is 9.47 Å². The summed E-state index contributed by atoms with van der Waals surface area (Å²) in [4.78, 5) is 16.2. The first-order chi connectivity index (χ1) is 11.7. The van der Waals surface area contributed by atoms with Crippen LogP contribution >= 0.6 is 15.9 Å². The van der Waals surface area contributed by atoms with E-state index in [9.17, 15) is 4.79 Å². The van der Waals surface area contributed by atoms with Crippen LogP contribution in [-0.4, -0.2) is 44.2 Å². The molecule has 0 unspecified atom stereocenters. The maximum absolute atomic E-state index is 12.0. The Balaban J connectivity index is 1.78. The van der Waals surface area contributed by atoms with Crippen molar-refractivity contribution in [3.8, 4) is 11.6 Å². The number of hydrogen-bond donors (Lipinski definition) is 2. The molecule has 1 aromatic carbocycles. The fraction of sp³-hybridized carbons (Fsp3) is 0.294. The Morgan fingerprint density at radius 1 is 1.12 bits per heavy atom. The summed E-state index contributed by atoms with van der Waals surface area (Å²) in [6, 6.07) is 10.8. The van der Waals surface area contributed by atoms with Crippen LogP contribution in [0.1, 0.15) is 10.4 Å². The molecule has 2 rings (SSSR count). The van der Waals surface area contributed by atoms with E-state index in [2.05, 4.69) is 31.5 Å². The van der Waals surface area contributed by atoms with Gasteiger partial charge in [0.1, 0.15) is 5.75 Å². The number of nitrogens with one attached hydrogen (secondary N) is 2. The summed E-state index contributed by atoms with van der Waals surface area (Å²) < 4.78 is 11.5. The second kappa shape index (κ2) is 10.0. The van der Waals surface area contributed by atoms with Crippen molar-refractivity contribution >= 4 is 21.8 Å². The number of amides is 1. The predicted molar refractivity (Wildman–Crippen MR) is 95.5 cm³/mol. The number of ether oxygens (including phenoxy) is 2. The van der Waals surface area contributed by atoms with Crippen molar-refractivity contribution in [2.75, 3.05) is 33.4 Å². The lowest BCUT2D eigenvalue weighted by Gasteiger charge is -2.08. The number of carbonyl (C=O) groups is 1. The number of nitrogens with zero attached hydrogens (tertiary/aromatic N) is 1. The molecule has 24 heavy (non-hydrogen) atoms. The van der Waals surface area contributed by atoms with Crippen LogP contribution in [0.3, 0.4) is 0 Å². The minimum absolute atomic E-state index is 0.161. The topological polar surface area (TPSA) is 72.5 Å². The zero-order valence-electron chi connectivity index (χ0n) is 13.4. The molecule has 7 heteroatoms. The molecule has 6 nitrogen and oxygen atoms in total. The summed E-state index contributed by atoms with van der Waals surface area (Å²) in [5.41, 5.74) is 0.495. The Bertz CT molecular complexity index is 633. The Morgan fingerprint density at radius 3 is 2.58 bits per heavy atom. The smallest absolute Gasteiger partial charge is 0.252 e. The molecule has 0 saturated heterocycles. The molecule has 0 aliphatic heterocycles. The highest BCUT2D eigenvalue weighted by atomic mass is 79.9. The Morgan fingerprint density at radius 2 is 1.92 bits per heavy atom. The molecular formula is C17H20BrN3O3. The molecule has 128 valence electrons. The molecule has 0 saturated carbocycles. The second-order valence-corrected chi connectivity index (χ2v) is 5.86. The van der Waals surface area contributed by atoms with E-state index in [1.807, 2.05) is 24.3 Å². The molecule has 0 aliphatic rings. The van der Waals surface area contributed by atoms with Crippen molar-refractivity contribution in [3.63, 3.8) is 0 Å². The van der Waals surface area contributed by atoms with Gasteiger partial charge in [-0.05, 0) is 30.3 Å². The van der Waals surface area contributed by atoms with E-state index >= 15 is 0 Å². The lowest BCUT2D eigenvalue weighted by Crippen LogP contribution is -2.33. The van der Waals surface area contributed by atoms with E-state index < -0.39 is 0 Å². The van der Waals surface area contributed by atoms with Crippen LogP contribution < -0.4 is 15.4 Å². The first-order valence-corrected chi connectivity index (χ1v) is 8.35. The number of methoxy groups -OCH3 is 1. The Labute approximate surface area is 149 Å². The van der Waals surface area contributed by atoms with Gasteiger partial charge in [0.2, 0.25) is 5.88 Å². The number of pyridine rings is 1. The quantitative estimate of drug-likeness (QED) is 0.640. The third kappa shape index (κ3) is 6.27. The summed E-state index contributed by atoms with van der Waals surface area (Å²) in [7, 11) is 1.65. The number of aromatic nitrogens is 1. The van der Waals surface area contributed by atoms with Gasteiger partial charge in [0.05, 0.1) is 12.2 Å². The van der Waals surface area contributed by atoms with Crippen LogP contribution in [0, 0.1) is 0 Å². The fourth-order valence-corrected chi connectivity index (χ4v) is 2.13. The van der Waals surface area contributed by atoms with Crippen molar-refractivity contribution in [1.82, 2.24) is 15.6 Å². The van der Waals surface area contributed by atoms with Crippen LogP contribution in [0.5, 0.6) is 11.6 Å². The first-order valence-electron chi connectivity index (χ1n) is 7.56.